The molecule has 0 aliphatic heterocycles. The molecule has 0 bridgehead atoms. The van der Waals surface area contributed by atoms with E-state index in [2.05, 4.69) is 42.7 Å². The Bertz CT molecular complexity index is 1090. The number of rotatable bonds is 8. The highest BCUT2D eigenvalue weighted by atomic mass is 16.5. The van der Waals surface area contributed by atoms with Crippen molar-refractivity contribution in [1.29, 1.82) is 0 Å². The molecule has 0 N–H and O–H groups in total. The van der Waals surface area contributed by atoms with E-state index in [-0.39, 0.29) is 0 Å². The number of aryl methyl sites for hydroxylation is 2. The molecule has 0 aliphatic rings. The lowest BCUT2D eigenvalue weighted by Gasteiger charge is -2.10. The maximum Gasteiger partial charge on any atom is 0.198 e. The number of fused-ring (bicyclic) bond motifs is 2. The van der Waals surface area contributed by atoms with Gasteiger partial charge in [0, 0.05) is 25.3 Å². The second-order valence-electron chi connectivity index (χ2n) is 7.14. The Labute approximate surface area is 165 Å². The average molecular weight is 374 g/mol. The molecule has 0 aliphatic carbocycles. The summed E-state index contributed by atoms with van der Waals surface area (Å²) in [6.07, 6.45) is 3.19. The third kappa shape index (κ3) is 3.90. The fourth-order valence-electron chi connectivity index (χ4n) is 3.39. The predicted octanol–water partition coefficient (Wildman–Crippen LogP) is 5.16. The van der Waals surface area contributed by atoms with Crippen LogP contribution in [-0.4, -0.2) is 32.7 Å². The van der Waals surface area contributed by atoms with Gasteiger partial charge in [0.2, 0.25) is 0 Å². The van der Waals surface area contributed by atoms with E-state index in [0.717, 1.165) is 67.1 Å². The number of benzene rings is 2. The molecule has 144 valence electrons. The summed E-state index contributed by atoms with van der Waals surface area (Å²) in [5.41, 5.74) is 5.61. The van der Waals surface area contributed by atoms with Gasteiger partial charge in [-0.1, -0.05) is 49.2 Å². The Morgan fingerprint density at radius 2 is 1.68 bits per heavy atom. The van der Waals surface area contributed by atoms with E-state index < -0.39 is 0 Å². The summed E-state index contributed by atoms with van der Waals surface area (Å²) in [5.74, 6) is 0.919. The van der Waals surface area contributed by atoms with Gasteiger partial charge in [0.15, 0.2) is 11.3 Å². The highest BCUT2D eigenvalue weighted by Crippen LogP contribution is 2.25. The third-order valence-electron chi connectivity index (χ3n) is 4.85. The van der Waals surface area contributed by atoms with Crippen molar-refractivity contribution in [2.45, 2.75) is 39.7 Å². The van der Waals surface area contributed by atoms with Crippen LogP contribution in [0.25, 0.3) is 33.7 Å². The van der Waals surface area contributed by atoms with Crippen LogP contribution in [0, 0.1) is 6.92 Å². The summed E-state index contributed by atoms with van der Waals surface area (Å²) < 4.78 is 7.94. The first-order valence-electron chi connectivity index (χ1n) is 10.0. The minimum Gasteiger partial charge on any atom is -0.381 e. The maximum absolute atomic E-state index is 5.75. The summed E-state index contributed by atoms with van der Waals surface area (Å²) in [4.78, 5) is 14.5. The predicted molar refractivity (Wildman–Crippen MR) is 113 cm³/mol. The normalized spacial score (nSPS) is 11.5. The lowest BCUT2D eigenvalue weighted by atomic mass is 10.1. The van der Waals surface area contributed by atoms with Crippen molar-refractivity contribution in [2.24, 2.45) is 0 Å². The number of unbranched alkanes of at least 4 members (excludes halogenated alkanes) is 1. The minimum absolute atomic E-state index is 0.696. The number of hydrogen-bond acceptors (Lipinski definition) is 4. The van der Waals surface area contributed by atoms with Crippen molar-refractivity contribution < 1.29 is 4.74 Å². The van der Waals surface area contributed by atoms with Gasteiger partial charge in [0.05, 0.1) is 11.0 Å². The molecule has 0 saturated heterocycles. The second-order valence-corrected chi connectivity index (χ2v) is 7.14. The molecule has 0 amide bonds. The number of para-hydroxylation sites is 2. The number of nitrogens with zero attached hydrogens (tertiary/aromatic N) is 4. The monoisotopic (exact) mass is 374 g/mol. The Morgan fingerprint density at radius 1 is 0.893 bits per heavy atom. The van der Waals surface area contributed by atoms with Gasteiger partial charge in [0.25, 0.3) is 0 Å². The molecule has 0 spiro atoms. The van der Waals surface area contributed by atoms with E-state index >= 15 is 0 Å². The van der Waals surface area contributed by atoms with E-state index in [1.165, 1.54) is 5.56 Å². The molecule has 4 aromatic rings. The van der Waals surface area contributed by atoms with Gasteiger partial charge in [-0.3, -0.25) is 0 Å². The maximum atomic E-state index is 5.75. The highest BCUT2D eigenvalue weighted by Gasteiger charge is 2.16. The number of imidazole rings is 1. The van der Waals surface area contributed by atoms with Crippen LogP contribution < -0.4 is 0 Å². The molecule has 0 saturated carbocycles. The van der Waals surface area contributed by atoms with Crippen LogP contribution in [0.1, 0.15) is 31.7 Å². The van der Waals surface area contributed by atoms with Crippen LogP contribution in [0.2, 0.25) is 0 Å². The molecule has 28 heavy (non-hydrogen) atoms. The van der Waals surface area contributed by atoms with Crippen molar-refractivity contribution in [2.75, 3.05) is 13.2 Å². The Kier molecular flexibility index (Phi) is 5.63. The fraction of sp³-hybridized carbons (Fsp3) is 0.348. The van der Waals surface area contributed by atoms with Crippen LogP contribution in [0.15, 0.2) is 48.5 Å². The van der Waals surface area contributed by atoms with Gasteiger partial charge in [-0.2, -0.15) is 0 Å². The summed E-state index contributed by atoms with van der Waals surface area (Å²) in [5, 5.41) is 0. The number of ether oxygens (including phenoxy) is 1. The molecule has 5 heteroatoms. The quantitative estimate of drug-likeness (QED) is 0.400. The Balaban J connectivity index is 1.72. The molecule has 4 rings (SSSR count). The van der Waals surface area contributed by atoms with E-state index in [4.69, 9.17) is 19.7 Å². The molecule has 5 nitrogen and oxygen atoms in total. The average Bonchev–Trinajstić information content (AvgIpc) is 3.06. The minimum atomic E-state index is 0.696. The summed E-state index contributed by atoms with van der Waals surface area (Å²) in [7, 11) is 0. The van der Waals surface area contributed by atoms with Gasteiger partial charge in [0.1, 0.15) is 5.82 Å². The first-order valence-corrected chi connectivity index (χ1v) is 10.0. The summed E-state index contributed by atoms with van der Waals surface area (Å²) in [6.45, 7) is 6.66. The van der Waals surface area contributed by atoms with Gasteiger partial charge in [-0.05, 0) is 38.0 Å². The number of hydrogen-bond donors (Lipinski definition) is 0. The summed E-state index contributed by atoms with van der Waals surface area (Å²) >= 11 is 0. The molecular weight excluding hydrogens is 348 g/mol. The molecule has 0 unspecified atom stereocenters. The fourth-order valence-corrected chi connectivity index (χ4v) is 3.39. The van der Waals surface area contributed by atoms with Gasteiger partial charge < -0.3 is 9.30 Å². The van der Waals surface area contributed by atoms with E-state index in [0.29, 0.717) is 5.65 Å². The standard InChI is InChI=1S/C23H26N4O/c1-3-4-14-28-15-8-13-27-22(18-10-7-9-17(2)16-18)26-21-23(27)25-20-12-6-5-11-19(20)24-21/h5-7,9-12,16H,3-4,8,13-15H2,1-2H3. The number of aromatic nitrogens is 4. The first kappa shape index (κ1) is 18.6. The van der Waals surface area contributed by atoms with E-state index in [9.17, 15) is 0 Å². The molecule has 0 radical (unpaired) electrons. The van der Waals surface area contributed by atoms with Crippen molar-refractivity contribution in [1.82, 2.24) is 19.5 Å². The van der Waals surface area contributed by atoms with Crippen molar-refractivity contribution in [3.63, 3.8) is 0 Å². The Hall–Kier alpha value is -2.79. The lowest BCUT2D eigenvalue weighted by molar-refractivity contribution is 0.126. The molecular formula is C23H26N4O. The summed E-state index contributed by atoms with van der Waals surface area (Å²) in [6, 6.07) is 16.4. The largest absolute Gasteiger partial charge is 0.381 e. The first-order chi connectivity index (χ1) is 13.8. The molecule has 2 heterocycles. The SMILES string of the molecule is CCCCOCCCn1c(-c2cccc(C)c2)nc2nc3ccccc3nc21. The third-order valence-corrected chi connectivity index (χ3v) is 4.85. The molecule has 0 fully saturated rings. The topological polar surface area (TPSA) is 52.8 Å². The molecule has 2 aromatic heterocycles. The van der Waals surface area contributed by atoms with Crippen molar-refractivity contribution in [3.05, 3.63) is 54.1 Å². The van der Waals surface area contributed by atoms with Crippen LogP contribution >= 0.6 is 0 Å². The molecule has 2 aromatic carbocycles. The highest BCUT2D eigenvalue weighted by molar-refractivity contribution is 5.84. The van der Waals surface area contributed by atoms with Gasteiger partial charge in [-0.25, -0.2) is 15.0 Å². The van der Waals surface area contributed by atoms with Crippen molar-refractivity contribution in [3.8, 4) is 11.4 Å². The van der Waals surface area contributed by atoms with Crippen LogP contribution in [0.3, 0.4) is 0 Å². The zero-order valence-corrected chi connectivity index (χ0v) is 16.6. The van der Waals surface area contributed by atoms with Gasteiger partial charge >= 0.3 is 0 Å². The van der Waals surface area contributed by atoms with E-state index in [1.54, 1.807) is 0 Å². The van der Waals surface area contributed by atoms with Crippen molar-refractivity contribution >= 4 is 22.3 Å². The zero-order chi connectivity index (χ0) is 19.3. The molecule has 0 atom stereocenters. The zero-order valence-electron chi connectivity index (χ0n) is 16.6. The van der Waals surface area contributed by atoms with Crippen LogP contribution in [-0.2, 0) is 11.3 Å². The van der Waals surface area contributed by atoms with Crippen LogP contribution in [0.4, 0.5) is 0 Å². The Morgan fingerprint density at radius 3 is 2.46 bits per heavy atom. The smallest absolute Gasteiger partial charge is 0.198 e. The van der Waals surface area contributed by atoms with E-state index in [1.807, 2.05) is 24.3 Å². The van der Waals surface area contributed by atoms with Gasteiger partial charge in [-0.15, -0.1) is 0 Å². The van der Waals surface area contributed by atoms with Crippen LogP contribution in [0.5, 0.6) is 0 Å². The second kappa shape index (κ2) is 8.48. The lowest BCUT2D eigenvalue weighted by Crippen LogP contribution is -2.06.